The zero-order chi connectivity index (χ0) is 8.27. The number of nitrogens with zero attached hydrogens (tertiary/aromatic N) is 1. The molecular formula is C9H17NO. The fourth-order valence-corrected chi connectivity index (χ4v) is 1.69. The van der Waals surface area contributed by atoms with E-state index in [0.717, 1.165) is 19.3 Å². The number of piperidine rings is 1. The molecule has 2 atom stereocenters. The Morgan fingerprint density at radius 2 is 2.36 bits per heavy atom. The maximum atomic E-state index is 9.55. The van der Waals surface area contributed by atoms with E-state index in [9.17, 15) is 5.21 Å². The molecule has 1 N–H and O–H groups in total. The first-order valence-corrected chi connectivity index (χ1v) is 4.33. The van der Waals surface area contributed by atoms with Crippen molar-refractivity contribution in [3.63, 3.8) is 0 Å². The van der Waals surface area contributed by atoms with Crippen LogP contribution in [-0.2, 0) is 0 Å². The van der Waals surface area contributed by atoms with Gasteiger partial charge in [-0.25, -0.2) is 0 Å². The highest BCUT2D eigenvalue weighted by Gasteiger charge is 2.24. The number of hydrogen-bond donors (Lipinski definition) is 1. The van der Waals surface area contributed by atoms with Gasteiger partial charge in [-0.15, -0.1) is 6.58 Å². The van der Waals surface area contributed by atoms with E-state index in [1.807, 2.05) is 6.08 Å². The monoisotopic (exact) mass is 155 g/mol. The van der Waals surface area contributed by atoms with Crippen molar-refractivity contribution >= 4 is 0 Å². The summed E-state index contributed by atoms with van der Waals surface area (Å²) in [5, 5.41) is 11.0. The Kier molecular flexibility index (Phi) is 3.09. The quantitative estimate of drug-likeness (QED) is 0.618. The van der Waals surface area contributed by atoms with E-state index >= 15 is 0 Å². The van der Waals surface area contributed by atoms with Gasteiger partial charge in [0.1, 0.15) is 0 Å². The van der Waals surface area contributed by atoms with Gasteiger partial charge in [0.05, 0.1) is 0 Å². The molecule has 1 aliphatic heterocycles. The first-order valence-electron chi connectivity index (χ1n) is 4.33. The van der Waals surface area contributed by atoms with Crippen LogP contribution in [0.3, 0.4) is 0 Å². The van der Waals surface area contributed by atoms with Gasteiger partial charge in [-0.1, -0.05) is 12.5 Å². The molecule has 64 valence electrons. The standard InChI is InChI=1S/C9H17NO/c1-3-5-9-7-4-6-8(2)10(9)11/h3,8-9,11H,1,4-7H2,2H3/t8-,9-/m0/s1. The molecule has 0 bridgehead atoms. The molecule has 1 aliphatic rings. The fraction of sp³-hybridized carbons (Fsp3) is 0.778. The number of hydrogen-bond acceptors (Lipinski definition) is 2. The molecule has 1 rings (SSSR count). The molecule has 11 heavy (non-hydrogen) atoms. The first-order chi connectivity index (χ1) is 5.25. The maximum Gasteiger partial charge on any atom is 0.0387 e. The van der Waals surface area contributed by atoms with Crippen molar-refractivity contribution in [2.45, 2.75) is 44.7 Å². The molecule has 0 aromatic heterocycles. The van der Waals surface area contributed by atoms with E-state index < -0.39 is 0 Å². The highest BCUT2D eigenvalue weighted by Crippen LogP contribution is 2.22. The minimum Gasteiger partial charge on any atom is -0.313 e. The summed E-state index contributed by atoms with van der Waals surface area (Å²) in [4.78, 5) is 0. The van der Waals surface area contributed by atoms with Crippen LogP contribution in [0.1, 0.15) is 32.6 Å². The Labute approximate surface area is 68.5 Å². The Hall–Kier alpha value is -0.340. The Bertz CT molecular complexity index is 136. The Balaban J connectivity index is 2.43. The summed E-state index contributed by atoms with van der Waals surface area (Å²) in [5.74, 6) is 0. The average Bonchev–Trinajstić information content (AvgIpc) is 1.99. The van der Waals surface area contributed by atoms with Gasteiger partial charge in [0.25, 0.3) is 0 Å². The zero-order valence-electron chi connectivity index (χ0n) is 7.16. The van der Waals surface area contributed by atoms with Crippen molar-refractivity contribution in [2.24, 2.45) is 0 Å². The molecule has 0 spiro atoms. The Morgan fingerprint density at radius 3 is 3.00 bits per heavy atom. The third kappa shape index (κ3) is 2.04. The van der Waals surface area contributed by atoms with Crippen molar-refractivity contribution in [1.82, 2.24) is 5.06 Å². The predicted octanol–water partition coefficient (Wildman–Crippen LogP) is 2.19. The summed E-state index contributed by atoms with van der Waals surface area (Å²) in [7, 11) is 0. The predicted molar refractivity (Wildman–Crippen MR) is 45.5 cm³/mol. The van der Waals surface area contributed by atoms with Crippen molar-refractivity contribution in [3.05, 3.63) is 12.7 Å². The van der Waals surface area contributed by atoms with Crippen molar-refractivity contribution in [1.29, 1.82) is 0 Å². The minimum atomic E-state index is 0.316. The first kappa shape index (κ1) is 8.75. The van der Waals surface area contributed by atoms with Gasteiger partial charge in [0, 0.05) is 12.1 Å². The molecule has 1 heterocycles. The molecule has 2 nitrogen and oxygen atoms in total. The van der Waals surface area contributed by atoms with Crippen LogP contribution in [0, 0.1) is 0 Å². The van der Waals surface area contributed by atoms with E-state index in [2.05, 4.69) is 13.5 Å². The lowest BCUT2D eigenvalue weighted by Crippen LogP contribution is -2.42. The largest absolute Gasteiger partial charge is 0.313 e. The highest BCUT2D eigenvalue weighted by atomic mass is 16.5. The van der Waals surface area contributed by atoms with Crippen LogP contribution in [0.5, 0.6) is 0 Å². The molecule has 0 aromatic carbocycles. The Morgan fingerprint density at radius 1 is 1.64 bits per heavy atom. The molecule has 0 saturated carbocycles. The third-order valence-electron chi connectivity index (χ3n) is 2.42. The van der Waals surface area contributed by atoms with Gasteiger partial charge >= 0.3 is 0 Å². The summed E-state index contributed by atoms with van der Waals surface area (Å²) >= 11 is 0. The number of hydroxylamine groups is 2. The van der Waals surface area contributed by atoms with Crippen molar-refractivity contribution in [2.75, 3.05) is 0 Å². The summed E-state index contributed by atoms with van der Waals surface area (Å²) < 4.78 is 0. The van der Waals surface area contributed by atoms with Crippen LogP contribution >= 0.6 is 0 Å². The minimum absolute atomic E-state index is 0.316. The smallest absolute Gasteiger partial charge is 0.0387 e. The van der Waals surface area contributed by atoms with Crippen LogP contribution in [0.2, 0.25) is 0 Å². The van der Waals surface area contributed by atoms with Crippen LogP contribution in [0.4, 0.5) is 0 Å². The van der Waals surface area contributed by atoms with Gasteiger partial charge in [-0.05, 0) is 26.2 Å². The maximum absolute atomic E-state index is 9.55. The highest BCUT2D eigenvalue weighted by molar-refractivity contribution is 4.82. The second-order valence-corrected chi connectivity index (χ2v) is 3.34. The van der Waals surface area contributed by atoms with E-state index in [1.54, 1.807) is 0 Å². The van der Waals surface area contributed by atoms with E-state index in [-0.39, 0.29) is 0 Å². The second kappa shape index (κ2) is 3.88. The summed E-state index contributed by atoms with van der Waals surface area (Å²) in [6.07, 6.45) is 6.24. The molecule has 1 fully saturated rings. The van der Waals surface area contributed by atoms with Crippen molar-refractivity contribution in [3.8, 4) is 0 Å². The van der Waals surface area contributed by atoms with Gasteiger partial charge in [-0.2, -0.15) is 5.06 Å². The van der Waals surface area contributed by atoms with Crippen LogP contribution < -0.4 is 0 Å². The molecule has 1 saturated heterocycles. The lowest BCUT2D eigenvalue weighted by Gasteiger charge is -2.35. The van der Waals surface area contributed by atoms with Gasteiger partial charge < -0.3 is 5.21 Å². The second-order valence-electron chi connectivity index (χ2n) is 3.34. The molecule has 2 heteroatoms. The summed E-state index contributed by atoms with van der Waals surface area (Å²) in [6, 6.07) is 0.643. The lowest BCUT2D eigenvalue weighted by molar-refractivity contribution is -0.171. The summed E-state index contributed by atoms with van der Waals surface area (Å²) in [6.45, 7) is 5.74. The van der Waals surface area contributed by atoms with E-state index in [0.29, 0.717) is 12.1 Å². The van der Waals surface area contributed by atoms with Crippen LogP contribution in [-0.4, -0.2) is 22.4 Å². The topological polar surface area (TPSA) is 23.5 Å². The molecule has 0 aromatic rings. The van der Waals surface area contributed by atoms with Crippen LogP contribution in [0.25, 0.3) is 0 Å². The molecular weight excluding hydrogens is 138 g/mol. The molecule has 0 unspecified atom stereocenters. The van der Waals surface area contributed by atoms with E-state index in [4.69, 9.17) is 0 Å². The average molecular weight is 155 g/mol. The zero-order valence-corrected chi connectivity index (χ0v) is 7.16. The van der Waals surface area contributed by atoms with Gasteiger partial charge in [0.2, 0.25) is 0 Å². The fourth-order valence-electron chi connectivity index (χ4n) is 1.69. The molecule has 0 aliphatic carbocycles. The molecule has 0 radical (unpaired) electrons. The SMILES string of the molecule is C=CC[C@H]1CCC[C@H](C)N1O. The summed E-state index contributed by atoms with van der Waals surface area (Å²) in [5.41, 5.74) is 0. The third-order valence-corrected chi connectivity index (χ3v) is 2.42. The van der Waals surface area contributed by atoms with Crippen LogP contribution in [0.15, 0.2) is 12.7 Å². The normalized spacial score (nSPS) is 33.6. The number of rotatable bonds is 2. The van der Waals surface area contributed by atoms with Crippen molar-refractivity contribution < 1.29 is 5.21 Å². The van der Waals surface area contributed by atoms with Gasteiger partial charge in [0.15, 0.2) is 0 Å². The molecule has 0 amide bonds. The van der Waals surface area contributed by atoms with E-state index in [1.165, 1.54) is 11.5 Å². The lowest BCUT2D eigenvalue weighted by atomic mass is 9.97. The van der Waals surface area contributed by atoms with Gasteiger partial charge in [-0.3, -0.25) is 0 Å².